The lowest BCUT2D eigenvalue weighted by molar-refractivity contribution is 0.0926. The van der Waals surface area contributed by atoms with Crippen LogP contribution in [0.2, 0.25) is 0 Å². The minimum atomic E-state index is -0.873. The number of nitrogens with one attached hydrogen (secondary N) is 1. The molecular weight excluding hydrogens is 326 g/mol. The number of nitrogens with zero attached hydrogens (tertiary/aromatic N) is 3. The highest BCUT2D eigenvalue weighted by Crippen LogP contribution is 2.32. The van der Waals surface area contributed by atoms with Crippen LogP contribution in [0.25, 0.3) is 0 Å². The summed E-state index contributed by atoms with van der Waals surface area (Å²) in [5.41, 5.74) is 2.70. The van der Waals surface area contributed by atoms with Crippen LogP contribution in [0.15, 0.2) is 18.2 Å². The average molecular weight is 348 g/mol. The highest BCUT2D eigenvalue weighted by molar-refractivity contribution is 5.96. The Morgan fingerprint density at radius 1 is 1.24 bits per heavy atom. The Hall–Kier alpha value is -2.28. The van der Waals surface area contributed by atoms with Crippen LogP contribution in [-0.2, 0) is 7.05 Å². The van der Waals surface area contributed by atoms with Gasteiger partial charge in [0.1, 0.15) is 0 Å². The number of likely N-dealkylation sites (tertiary alicyclic amines) is 1. The minimum absolute atomic E-state index is 0.179. The molecule has 25 heavy (non-hydrogen) atoms. The summed E-state index contributed by atoms with van der Waals surface area (Å²) in [6.45, 7) is 4.41. The van der Waals surface area contributed by atoms with E-state index in [1.54, 1.807) is 24.7 Å². The van der Waals surface area contributed by atoms with E-state index in [1.807, 2.05) is 18.9 Å². The summed E-state index contributed by atoms with van der Waals surface area (Å²) in [6.07, 6.45) is 0.740. The molecule has 1 N–H and O–H groups in total. The molecule has 5 nitrogen and oxygen atoms in total. The van der Waals surface area contributed by atoms with Crippen molar-refractivity contribution in [1.82, 2.24) is 20.0 Å². The van der Waals surface area contributed by atoms with E-state index in [9.17, 15) is 13.6 Å². The number of halogens is 2. The SMILES string of the molecule is Cc1nn(C)c(C)c1C(=O)N[C@@H]1CCN(C)[C@@H]1c1ccc(F)c(F)c1. The zero-order valence-electron chi connectivity index (χ0n) is 14.8. The number of amides is 1. The van der Waals surface area contributed by atoms with Crippen molar-refractivity contribution in [3.05, 3.63) is 52.3 Å². The standard InChI is InChI=1S/C18H22F2N4O/c1-10-16(11(2)24(4)22-10)18(25)21-15-7-8-23(3)17(15)12-5-6-13(19)14(20)9-12/h5-6,9,15,17H,7-8H2,1-4H3,(H,21,25)/t15-,17-/m1/s1. The molecule has 0 bridgehead atoms. The van der Waals surface area contributed by atoms with Gasteiger partial charge >= 0.3 is 0 Å². The number of carbonyl (C=O) groups excluding carboxylic acids is 1. The summed E-state index contributed by atoms with van der Waals surface area (Å²) in [5, 5.41) is 7.33. The van der Waals surface area contributed by atoms with E-state index in [-0.39, 0.29) is 18.0 Å². The number of aromatic nitrogens is 2. The lowest BCUT2D eigenvalue weighted by Crippen LogP contribution is -2.39. The summed E-state index contributed by atoms with van der Waals surface area (Å²) in [6, 6.07) is 3.54. The molecule has 0 unspecified atom stereocenters. The Morgan fingerprint density at radius 2 is 1.96 bits per heavy atom. The summed E-state index contributed by atoms with van der Waals surface area (Å²) in [4.78, 5) is 14.8. The fourth-order valence-electron chi connectivity index (χ4n) is 3.62. The summed E-state index contributed by atoms with van der Waals surface area (Å²) in [5.74, 6) is -1.93. The van der Waals surface area contributed by atoms with Crippen molar-refractivity contribution in [2.45, 2.75) is 32.4 Å². The number of benzene rings is 1. The highest BCUT2D eigenvalue weighted by atomic mass is 19.2. The largest absolute Gasteiger partial charge is 0.347 e. The predicted octanol–water partition coefficient (Wildman–Crippen LogP) is 2.49. The second-order valence-electron chi connectivity index (χ2n) is 6.64. The molecule has 134 valence electrons. The third kappa shape index (κ3) is 3.16. The van der Waals surface area contributed by atoms with Crippen LogP contribution in [0.4, 0.5) is 8.78 Å². The van der Waals surface area contributed by atoms with Gasteiger partial charge in [0.05, 0.1) is 23.3 Å². The molecule has 3 rings (SSSR count). The third-order valence-corrected chi connectivity index (χ3v) is 4.99. The first-order chi connectivity index (χ1) is 11.8. The van der Waals surface area contributed by atoms with Crippen molar-refractivity contribution in [2.75, 3.05) is 13.6 Å². The van der Waals surface area contributed by atoms with E-state index in [4.69, 9.17) is 0 Å². The number of likely N-dealkylation sites (N-methyl/N-ethyl adjacent to an activating group) is 1. The van der Waals surface area contributed by atoms with Crippen molar-refractivity contribution in [3.63, 3.8) is 0 Å². The normalized spacial score (nSPS) is 20.9. The van der Waals surface area contributed by atoms with Gasteiger partial charge in [-0.2, -0.15) is 5.10 Å². The molecule has 2 heterocycles. The zero-order chi connectivity index (χ0) is 18.3. The van der Waals surface area contributed by atoms with Gasteiger partial charge in [0.25, 0.3) is 5.91 Å². The van der Waals surface area contributed by atoms with Crippen LogP contribution in [0, 0.1) is 25.5 Å². The number of hydrogen-bond acceptors (Lipinski definition) is 3. The second-order valence-corrected chi connectivity index (χ2v) is 6.64. The predicted molar refractivity (Wildman–Crippen MR) is 90.3 cm³/mol. The molecule has 7 heteroatoms. The van der Waals surface area contributed by atoms with Crippen molar-refractivity contribution in [1.29, 1.82) is 0 Å². The molecule has 1 aliphatic heterocycles. The second kappa shape index (κ2) is 6.55. The fraction of sp³-hybridized carbons (Fsp3) is 0.444. The molecule has 0 spiro atoms. The van der Waals surface area contributed by atoms with Crippen molar-refractivity contribution >= 4 is 5.91 Å². The van der Waals surface area contributed by atoms with E-state index in [2.05, 4.69) is 10.4 Å². The van der Waals surface area contributed by atoms with Gasteiger partial charge in [0.2, 0.25) is 0 Å². The van der Waals surface area contributed by atoms with Crippen LogP contribution in [-0.4, -0.2) is 40.2 Å². The summed E-state index contributed by atoms with van der Waals surface area (Å²) in [7, 11) is 3.71. The molecule has 0 radical (unpaired) electrons. The van der Waals surface area contributed by atoms with E-state index in [1.165, 1.54) is 6.07 Å². The van der Waals surface area contributed by atoms with E-state index in [0.717, 1.165) is 24.7 Å². The quantitative estimate of drug-likeness (QED) is 0.927. The molecule has 0 aliphatic carbocycles. The van der Waals surface area contributed by atoms with Gasteiger partial charge < -0.3 is 5.32 Å². The lowest BCUT2D eigenvalue weighted by Gasteiger charge is -2.26. The van der Waals surface area contributed by atoms with Crippen LogP contribution < -0.4 is 5.32 Å². The molecule has 1 aromatic carbocycles. The molecule has 0 saturated carbocycles. The van der Waals surface area contributed by atoms with Gasteiger partial charge in [-0.3, -0.25) is 14.4 Å². The van der Waals surface area contributed by atoms with Gasteiger partial charge in [0.15, 0.2) is 11.6 Å². The fourth-order valence-corrected chi connectivity index (χ4v) is 3.62. The van der Waals surface area contributed by atoms with E-state index in [0.29, 0.717) is 16.8 Å². The summed E-state index contributed by atoms with van der Waals surface area (Å²) >= 11 is 0. The van der Waals surface area contributed by atoms with Crippen LogP contribution in [0.3, 0.4) is 0 Å². The van der Waals surface area contributed by atoms with Crippen molar-refractivity contribution in [2.24, 2.45) is 7.05 Å². The number of aryl methyl sites for hydroxylation is 2. The van der Waals surface area contributed by atoms with Crippen molar-refractivity contribution < 1.29 is 13.6 Å². The average Bonchev–Trinajstić information content (AvgIpc) is 3.02. The van der Waals surface area contributed by atoms with Gasteiger partial charge in [-0.05, 0) is 45.0 Å². The number of hydrogen-bond donors (Lipinski definition) is 1. The monoisotopic (exact) mass is 348 g/mol. The van der Waals surface area contributed by atoms with Crippen LogP contribution >= 0.6 is 0 Å². The van der Waals surface area contributed by atoms with Gasteiger partial charge in [-0.1, -0.05) is 6.07 Å². The molecule has 1 amide bonds. The van der Waals surface area contributed by atoms with E-state index < -0.39 is 11.6 Å². The van der Waals surface area contributed by atoms with E-state index >= 15 is 0 Å². The topological polar surface area (TPSA) is 50.2 Å². The minimum Gasteiger partial charge on any atom is -0.347 e. The first-order valence-electron chi connectivity index (χ1n) is 8.26. The molecule has 1 aliphatic rings. The first-order valence-corrected chi connectivity index (χ1v) is 8.26. The molecule has 1 saturated heterocycles. The Bertz CT molecular complexity index is 818. The molecule has 2 aromatic rings. The van der Waals surface area contributed by atoms with Gasteiger partial charge in [0, 0.05) is 19.3 Å². The van der Waals surface area contributed by atoms with Crippen LogP contribution in [0.5, 0.6) is 0 Å². The number of rotatable bonds is 3. The van der Waals surface area contributed by atoms with Gasteiger partial charge in [-0.25, -0.2) is 8.78 Å². The van der Waals surface area contributed by atoms with Crippen molar-refractivity contribution in [3.8, 4) is 0 Å². The summed E-state index contributed by atoms with van der Waals surface area (Å²) < 4.78 is 28.5. The molecule has 1 aromatic heterocycles. The Labute approximate surface area is 145 Å². The maximum Gasteiger partial charge on any atom is 0.255 e. The molecule has 2 atom stereocenters. The lowest BCUT2D eigenvalue weighted by atomic mass is 9.99. The smallest absolute Gasteiger partial charge is 0.255 e. The highest BCUT2D eigenvalue weighted by Gasteiger charge is 2.35. The Balaban J connectivity index is 1.85. The Morgan fingerprint density at radius 3 is 2.56 bits per heavy atom. The first kappa shape index (κ1) is 17.5. The molecular formula is C18H22F2N4O. The molecule has 1 fully saturated rings. The third-order valence-electron chi connectivity index (χ3n) is 4.99. The maximum atomic E-state index is 13.6. The Kier molecular flexibility index (Phi) is 4.60. The van der Waals surface area contributed by atoms with Crippen LogP contribution in [0.1, 0.15) is 39.8 Å². The zero-order valence-corrected chi connectivity index (χ0v) is 14.8. The maximum absolute atomic E-state index is 13.6. The number of carbonyl (C=O) groups is 1. The van der Waals surface area contributed by atoms with Gasteiger partial charge in [-0.15, -0.1) is 0 Å².